The molecule has 160 valence electrons. The van der Waals surface area contributed by atoms with Crippen molar-refractivity contribution in [2.24, 2.45) is 5.41 Å². The number of carbonyl (C=O) groups excluding carboxylic acids is 2. The maximum atomic E-state index is 14.3. The van der Waals surface area contributed by atoms with Crippen LogP contribution in [-0.2, 0) is 16.0 Å². The van der Waals surface area contributed by atoms with Crippen molar-refractivity contribution >= 4 is 11.9 Å². The number of rotatable bonds is 6. The number of aromatic amines is 1. The van der Waals surface area contributed by atoms with Crippen LogP contribution in [0.3, 0.4) is 0 Å². The highest BCUT2D eigenvalue weighted by atomic mass is 19.1. The molecule has 1 aliphatic heterocycles. The van der Waals surface area contributed by atoms with Crippen LogP contribution < -0.4 is 0 Å². The Morgan fingerprint density at radius 1 is 1.30 bits per heavy atom. The first-order valence-electron chi connectivity index (χ1n) is 10.4. The molecule has 4 rings (SSSR count). The summed E-state index contributed by atoms with van der Waals surface area (Å²) in [5.74, 6) is -1.66. The molecule has 0 bridgehead atoms. The summed E-state index contributed by atoms with van der Waals surface area (Å²) in [7, 11) is 0. The van der Waals surface area contributed by atoms with Crippen molar-refractivity contribution in [1.82, 2.24) is 15.1 Å². The van der Waals surface area contributed by atoms with E-state index in [1.165, 1.54) is 12.1 Å². The Morgan fingerprint density at radius 2 is 2.10 bits per heavy atom. The number of amides is 1. The third-order valence-electron chi connectivity index (χ3n) is 5.95. The SMILES string of the molecule is CCOC(=O)[C@@]1(Cc2ccc(F)cc2F)CCCN(C(=O)c2cc(C3CC3)[nH]n2)C1. The van der Waals surface area contributed by atoms with Gasteiger partial charge in [-0.2, -0.15) is 5.10 Å². The predicted octanol–water partition coefficient (Wildman–Crippen LogP) is 3.59. The van der Waals surface area contributed by atoms with Gasteiger partial charge in [-0.25, -0.2) is 8.78 Å². The van der Waals surface area contributed by atoms with Crippen LogP contribution in [0.25, 0.3) is 0 Å². The van der Waals surface area contributed by atoms with Crippen LogP contribution in [-0.4, -0.2) is 46.7 Å². The van der Waals surface area contributed by atoms with Crippen molar-refractivity contribution in [3.05, 3.63) is 52.9 Å². The summed E-state index contributed by atoms with van der Waals surface area (Å²) < 4.78 is 33.0. The molecule has 1 atom stereocenters. The van der Waals surface area contributed by atoms with Crippen LogP contribution in [0.4, 0.5) is 8.78 Å². The maximum Gasteiger partial charge on any atom is 0.314 e. The van der Waals surface area contributed by atoms with Crippen LogP contribution in [0.15, 0.2) is 24.3 Å². The van der Waals surface area contributed by atoms with Gasteiger partial charge in [-0.15, -0.1) is 0 Å². The van der Waals surface area contributed by atoms with E-state index in [1.54, 1.807) is 17.9 Å². The van der Waals surface area contributed by atoms with Gasteiger partial charge in [0.25, 0.3) is 5.91 Å². The summed E-state index contributed by atoms with van der Waals surface area (Å²) in [4.78, 5) is 27.6. The molecule has 1 aromatic heterocycles. The minimum absolute atomic E-state index is 0.0373. The molecular weight excluding hydrogens is 392 g/mol. The highest BCUT2D eigenvalue weighted by molar-refractivity contribution is 5.93. The van der Waals surface area contributed by atoms with Gasteiger partial charge in [-0.1, -0.05) is 6.07 Å². The lowest BCUT2D eigenvalue weighted by Crippen LogP contribution is -2.51. The number of hydrogen-bond donors (Lipinski definition) is 1. The van der Waals surface area contributed by atoms with E-state index in [4.69, 9.17) is 4.74 Å². The number of carbonyl (C=O) groups is 2. The molecule has 2 fully saturated rings. The fourth-order valence-corrected chi connectivity index (χ4v) is 4.21. The van der Waals surface area contributed by atoms with Gasteiger partial charge >= 0.3 is 5.97 Å². The Morgan fingerprint density at radius 3 is 2.80 bits per heavy atom. The summed E-state index contributed by atoms with van der Waals surface area (Å²) in [5, 5.41) is 7.09. The molecule has 1 aliphatic carbocycles. The number of ether oxygens (including phenoxy) is 1. The topological polar surface area (TPSA) is 75.3 Å². The second-order valence-electron chi connectivity index (χ2n) is 8.23. The average Bonchev–Trinajstić information content (AvgIpc) is 3.47. The molecule has 0 radical (unpaired) electrons. The van der Waals surface area contributed by atoms with E-state index in [9.17, 15) is 18.4 Å². The van der Waals surface area contributed by atoms with Crippen molar-refractivity contribution in [3.8, 4) is 0 Å². The normalized spacial score (nSPS) is 21.5. The van der Waals surface area contributed by atoms with Gasteiger partial charge in [0.15, 0.2) is 0 Å². The van der Waals surface area contributed by atoms with Gasteiger partial charge in [0, 0.05) is 30.8 Å². The minimum atomic E-state index is -1.09. The highest BCUT2D eigenvalue weighted by Crippen LogP contribution is 2.40. The summed E-state index contributed by atoms with van der Waals surface area (Å²) in [6.07, 6.45) is 3.26. The largest absolute Gasteiger partial charge is 0.466 e. The molecule has 2 heterocycles. The number of nitrogens with one attached hydrogen (secondary N) is 1. The molecule has 1 saturated carbocycles. The minimum Gasteiger partial charge on any atom is -0.466 e. The Balaban J connectivity index is 1.58. The van der Waals surface area contributed by atoms with E-state index >= 15 is 0 Å². The van der Waals surface area contributed by atoms with Gasteiger partial charge in [0.1, 0.15) is 17.3 Å². The average molecular weight is 417 g/mol. The maximum absolute atomic E-state index is 14.3. The molecule has 2 aromatic rings. The quantitative estimate of drug-likeness (QED) is 0.729. The Kier molecular flexibility index (Phi) is 5.58. The van der Waals surface area contributed by atoms with E-state index in [0.29, 0.717) is 31.0 Å². The first-order chi connectivity index (χ1) is 14.4. The highest BCUT2D eigenvalue weighted by Gasteiger charge is 2.45. The molecule has 0 spiro atoms. The van der Waals surface area contributed by atoms with E-state index in [-0.39, 0.29) is 31.0 Å². The molecular formula is C22H25F2N3O3. The van der Waals surface area contributed by atoms with Crippen LogP contribution in [0.5, 0.6) is 0 Å². The molecule has 6 nitrogen and oxygen atoms in total. The molecule has 2 aliphatic rings. The molecule has 30 heavy (non-hydrogen) atoms. The molecule has 1 saturated heterocycles. The zero-order chi connectivity index (χ0) is 21.3. The summed E-state index contributed by atoms with van der Waals surface area (Å²) in [6.45, 7) is 2.48. The second-order valence-corrected chi connectivity index (χ2v) is 8.23. The lowest BCUT2D eigenvalue weighted by atomic mass is 9.74. The van der Waals surface area contributed by atoms with Gasteiger partial charge < -0.3 is 9.64 Å². The van der Waals surface area contributed by atoms with Gasteiger partial charge in [0.2, 0.25) is 0 Å². The lowest BCUT2D eigenvalue weighted by molar-refractivity contribution is -0.158. The number of halogens is 2. The Labute approximate surface area is 173 Å². The van der Waals surface area contributed by atoms with Crippen molar-refractivity contribution in [3.63, 3.8) is 0 Å². The zero-order valence-corrected chi connectivity index (χ0v) is 16.9. The third-order valence-corrected chi connectivity index (χ3v) is 5.95. The van der Waals surface area contributed by atoms with E-state index < -0.39 is 23.0 Å². The Hall–Kier alpha value is -2.77. The van der Waals surface area contributed by atoms with Gasteiger partial charge in [-0.3, -0.25) is 14.7 Å². The summed E-state index contributed by atoms with van der Waals surface area (Å²) >= 11 is 0. The van der Waals surface area contributed by atoms with Crippen LogP contribution in [0.1, 0.15) is 60.3 Å². The molecule has 1 N–H and O–H groups in total. The Bertz CT molecular complexity index is 957. The van der Waals surface area contributed by atoms with Crippen molar-refractivity contribution in [1.29, 1.82) is 0 Å². The monoisotopic (exact) mass is 417 g/mol. The number of esters is 1. The van der Waals surface area contributed by atoms with Crippen LogP contribution in [0, 0.1) is 17.0 Å². The number of H-pyrrole nitrogens is 1. The third kappa shape index (κ3) is 4.08. The molecule has 1 amide bonds. The van der Waals surface area contributed by atoms with Gasteiger partial charge in [0.05, 0.1) is 12.0 Å². The lowest BCUT2D eigenvalue weighted by Gasteiger charge is -2.41. The number of benzene rings is 1. The number of aromatic nitrogens is 2. The van der Waals surface area contributed by atoms with Crippen molar-refractivity contribution < 1.29 is 23.1 Å². The summed E-state index contributed by atoms with van der Waals surface area (Å²) in [5.41, 5.74) is 0.428. The summed E-state index contributed by atoms with van der Waals surface area (Å²) in [6, 6.07) is 5.11. The fourth-order valence-electron chi connectivity index (χ4n) is 4.21. The zero-order valence-electron chi connectivity index (χ0n) is 16.9. The van der Waals surface area contributed by atoms with Crippen molar-refractivity contribution in [2.45, 2.75) is 44.9 Å². The standard InChI is InChI=1S/C22H25F2N3O3/c1-2-30-21(29)22(12-15-6-7-16(23)10-17(15)24)8-3-9-27(13-22)20(28)19-11-18(25-26-19)14-4-5-14/h6-7,10-11,14H,2-5,8-9,12-13H2,1H3,(H,25,26)/t22-/m1/s1. The number of nitrogens with zero attached hydrogens (tertiary/aromatic N) is 2. The smallest absolute Gasteiger partial charge is 0.314 e. The number of likely N-dealkylation sites (tertiary alicyclic amines) is 1. The first kappa shape index (κ1) is 20.5. The predicted molar refractivity (Wildman–Crippen MR) is 105 cm³/mol. The van der Waals surface area contributed by atoms with Crippen LogP contribution >= 0.6 is 0 Å². The van der Waals surface area contributed by atoms with E-state index in [0.717, 1.165) is 24.6 Å². The molecule has 0 unspecified atom stereocenters. The molecule has 1 aromatic carbocycles. The fraction of sp³-hybridized carbons (Fsp3) is 0.500. The first-order valence-corrected chi connectivity index (χ1v) is 10.4. The van der Waals surface area contributed by atoms with Gasteiger partial charge in [-0.05, 0) is 56.7 Å². The van der Waals surface area contributed by atoms with E-state index in [2.05, 4.69) is 10.2 Å². The van der Waals surface area contributed by atoms with E-state index in [1.807, 2.05) is 0 Å². The van der Waals surface area contributed by atoms with Crippen LogP contribution in [0.2, 0.25) is 0 Å². The number of hydrogen-bond acceptors (Lipinski definition) is 4. The number of piperidine rings is 1. The molecule has 8 heteroatoms. The van der Waals surface area contributed by atoms with Crippen molar-refractivity contribution in [2.75, 3.05) is 19.7 Å². The second kappa shape index (κ2) is 8.16.